The summed E-state index contributed by atoms with van der Waals surface area (Å²) < 4.78 is 8.71. The molecule has 0 atom stereocenters. The molecule has 1 aliphatic rings. The summed E-state index contributed by atoms with van der Waals surface area (Å²) >= 11 is 1.85. The SMILES string of the molecule is CC1(C)c2ccccc2Sc2cc3c(cc21)c1ccc(Oc2cccc(-c4ccccn4)c2)cc1n3-c1ccccn1. The van der Waals surface area contributed by atoms with Gasteiger partial charge in [0.05, 0.1) is 16.7 Å². The molecular weight excluding hydrogens is 534 g/mol. The summed E-state index contributed by atoms with van der Waals surface area (Å²) in [6, 6.07) is 39.9. The monoisotopic (exact) mass is 561 g/mol. The zero-order valence-corrected chi connectivity index (χ0v) is 24.1. The van der Waals surface area contributed by atoms with Gasteiger partial charge in [-0.05, 0) is 77.9 Å². The second-order valence-corrected chi connectivity index (χ2v) is 12.2. The van der Waals surface area contributed by atoms with E-state index in [0.717, 1.165) is 39.6 Å². The molecule has 1 aliphatic heterocycles. The molecule has 0 bridgehead atoms. The lowest BCUT2D eigenvalue weighted by molar-refractivity contribution is 0.483. The number of pyridine rings is 2. The molecule has 0 saturated carbocycles. The Morgan fingerprint density at radius 2 is 1.40 bits per heavy atom. The smallest absolute Gasteiger partial charge is 0.137 e. The Balaban J connectivity index is 1.30. The van der Waals surface area contributed by atoms with Gasteiger partial charge in [-0.1, -0.05) is 68.1 Å². The van der Waals surface area contributed by atoms with Crippen LogP contribution in [0.1, 0.15) is 25.0 Å². The second kappa shape index (κ2) is 9.61. The van der Waals surface area contributed by atoms with Crippen molar-refractivity contribution in [2.75, 3.05) is 0 Å². The summed E-state index contributed by atoms with van der Waals surface area (Å²) in [5, 5.41) is 2.39. The van der Waals surface area contributed by atoms with E-state index in [4.69, 9.17) is 9.72 Å². The van der Waals surface area contributed by atoms with E-state index in [9.17, 15) is 0 Å². The van der Waals surface area contributed by atoms with Gasteiger partial charge in [0.1, 0.15) is 17.3 Å². The van der Waals surface area contributed by atoms with E-state index in [1.54, 1.807) is 0 Å². The summed E-state index contributed by atoms with van der Waals surface area (Å²) in [5.41, 5.74) is 6.75. The highest BCUT2D eigenvalue weighted by Gasteiger charge is 2.34. The number of hydrogen-bond donors (Lipinski definition) is 0. The minimum absolute atomic E-state index is 0.105. The van der Waals surface area contributed by atoms with Crippen molar-refractivity contribution in [2.24, 2.45) is 0 Å². The number of fused-ring (bicyclic) bond motifs is 5. The van der Waals surface area contributed by atoms with E-state index >= 15 is 0 Å². The standard InChI is InChI=1S/C37H27N3OS/c1-37(2)29-12-3-4-14-34(29)42-35-23-33-28(22-30(35)37)27-17-16-26(21-32(27)40(33)36-15-6-8-19-39-36)41-25-11-9-10-24(20-25)31-13-5-7-18-38-31/h3-23H,1-2H3. The van der Waals surface area contributed by atoms with Crippen molar-refractivity contribution in [1.82, 2.24) is 14.5 Å². The molecule has 202 valence electrons. The van der Waals surface area contributed by atoms with Crippen LogP contribution in [0.2, 0.25) is 0 Å². The van der Waals surface area contributed by atoms with Gasteiger partial charge < -0.3 is 4.74 Å². The van der Waals surface area contributed by atoms with Gasteiger partial charge in [-0.3, -0.25) is 9.55 Å². The molecule has 0 spiro atoms. The maximum Gasteiger partial charge on any atom is 0.137 e. The molecule has 0 fully saturated rings. The second-order valence-electron chi connectivity index (χ2n) is 11.1. The first-order chi connectivity index (χ1) is 20.6. The minimum atomic E-state index is -0.105. The lowest BCUT2D eigenvalue weighted by atomic mass is 9.77. The number of rotatable bonds is 4. The molecule has 0 saturated heterocycles. The van der Waals surface area contributed by atoms with Crippen LogP contribution < -0.4 is 4.74 Å². The van der Waals surface area contributed by atoms with Crippen molar-refractivity contribution in [3.8, 4) is 28.6 Å². The van der Waals surface area contributed by atoms with Crippen molar-refractivity contribution in [3.05, 3.63) is 139 Å². The Morgan fingerprint density at radius 1 is 0.619 bits per heavy atom. The third-order valence-corrected chi connectivity index (χ3v) is 9.34. The maximum atomic E-state index is 6.45. The van der Waals surface area contributed by atoms with Gasteiger partial charge >= 0.3 is 0 Å². The highest BCUT2D eigenvalue weighted by atomic mass is 32.2. The Hall–Kier alpha value is -4.87. The lowest BCUT2D eigenvalue weighted by Crippen LogP contribution is -2.23. The fourth-order valence-electron chi connectivity index (χ4n) is 6.12. The fraction of sp³-hybridized carbons (Fsp3) is 0.0811. The number of aromatic nitrogens is 3. The molecule has 42 heavy (non-hydrogen) atoms. The molecular formula is C37H27N3OS. The normalized spacial score (nSPS) is 13.6. The van der Waals surface area contributed by atoms with Crippen molar-refractivity contribution in [2.45, 2.75) is 29.1 Å². The third kappa shape index (κ3) is 4.00. The first-order valence-corrected chi connectivity index (χ1v) is 14.9. The summed E-state index contributed by atoms with van der Waals surface area (Å²) in [6.07, 6.45) is 3.66. The van der Waals surface area contributed by atoms with Crippen LogP contribution in [0.4, 0.5) is 0 Å². The Bertz CT molecular complexity index is 2120. The van der Waals surface area contributed by atoms with Crippen molar-refractivity contribution in [1.29, 1.82) is 0 Å². The predicted molar refractivity (Wildman–Crippen MR) is 171 cm³/mol. The molecule has 8 rings (SSSR count). The maximum absolute atomic E-state index is 6.45. The van der Waals surface area contributed by atoms with Gasteiger partial charge in [0, 0.05) is 50.0 Å². The molecule has 5 heteroatoms. The molecule has 4 heterocycles. The van der Waals surface area contributed by atoms with Crippen LogP contribution in [0.5, 0.6) is 11.5 Å². The first kappa shape index (κ1) is 24.9. The van der Waals surface area contributed by atoms with E-state index < -0.39 is 0 Å². The van der Waals surface area contributed by atoms with Crippen LogP contribution in [0.15, 0.2) is 137 Å². The van der Waals surface area contributed by atoms with Gasteiger partial charge in [-0.25, -0.2) is 4.98 Å². The first-order valence-electron chi connectivity index (χ1n) is 14.1. The summed E-state index contributed by atoms with van der Waals surface area (Å²) in [6.45, 7) is 4.67. The largest absolute Gasteiger partial charge is 0.457 e. The third-order valence-electron chi connectivity index (χ3n) is 8.20. The van der Waals surface area contributed by atoms with Crippen molar-refractivity contribution >= 4 is 33.6 Å². The zero-order valence-electron chi connectivity index (χ0n) is 23.3. The molecule has 0 aliphatic carbocycles. The quantitative estimate of drug-likeness (QED) is 0.214. The van der Waals surface area contributed by atoms with Gasteiger partial charge in [0.15, 0.2) is 0 Å². The number of hydrogen-bond acceptors (Lipinski definition) is 4. The summed E-state index contributed by atoms with van der Waals surface area (Å²) in [4.78, 5) is 11.9. The van der Waals surface area contributed by atoms with Crippen LogP contribution in [-0.2, 0) is 5.41 Å². The number of benzene rings is 4. The average Bonchev–Trinajstić information content (AvgIpc) is 3.34. The van der Waals surface area contributed by atoms with Crippen LogP contribution in [0.3, 0.4) is 0 Å². The molecule has 0 amide bonds. The Kier molecular flexibility index (Phi) is 5.69. The van der Waals surface area contributed by atoms with Gasteiger partial charge in [0.2, 0.25) is 0 Å². The van der Waals surface area contributed by atoms with E-state index in [-0.39, 0.29) is 5.41 Å². The van der Waals surface area contributed by atoms with Gasteiger partial charge in [0.25, 0.3) is 0 Å². The molecule has 0 unspecified atom stereocenters. The molecule has 4 aromatic carbocycles. The number of nitrogens with zero attached hydrogens (tertiary/aromatic N) is 3. The van der Waals surface area contributed by atoms with Gasteiger partial charge in [-0.15, -0.1) is 0 Å². The minimum Gasteiger partial charge on any atom is -0.457 e. The molecule has 0 N–H and O–H groups in total. The van der Waals surface area contributed by atoms with E-state index in [1.165, 1.54) is 31.7 Å². The van der Waals surface area contributed by atoms with Crippen molar-refractivity contribution < 1.29 is 4.74 Å². The van der Waals surface area contributed by atoms with E-state index in [2.05, 4.69) is 90.1 Å². The molecule has 0 radical (unpaired) electrons. The Morgan fingerprint density at radius 3 is 2.24 bits per heavy atom. The van der Waals surface area contributed by atoms with Crippen molar-refractivity contribution in [3.63, 3.8) is 0 Å². The highest BCUT2D eigenvalue weighted by molar-refractivity contribution is 7.99. The number of ether oxygens (including phenoxy) is 1. The molecule has 7 aromatic rings. The fourth-order valence-corrected chi connectivity index (χ4v) is 7.53. The molecule has 4 nitrogen and oxygen atoms in total. The van der Waals surface area contributed by atoms with Crippen LogP contribution in [-0.4, -0.2) is 14.5 Å². The Labute approximate surface area is 248 Å². The van der Waals surface area contributed by atoms with E-state index in [0.29, 0.717) is 0 Å². The lowest BCUT2D eigenvalue weighted by Gasteiger charge is -2.34. The summed E-state index contributed by atoms with van der Waals surface area (Å²) in [7, 11) is 0. The predicted octanol–water partition coefficient (Wildman–Crippen LogP) is 9.82. The van der Waals surface area contributed by atoms with Crippen LogP contribution >= 0.6 is 11.8 Å². The van der Waals surface area contributed by atoms with Crippen LogP contribution in [0, 0.1) is 0 Å². The highest BCUT2D eigenvalue weighted by Crippen LogP contribution is 2.51. The average molecular weight is 562 g/mol. The zero-order chi connectivity index (χ0) is 28.3. The summed E-state index contributed by atoms with van der Waals surface area (Å²) in [5.74, 6) is 2.42. The van der Waals surface area contributed by atoms with E-state index in [1.807, 2.05) is 72.7 Å². The molecule has 3 aromatic heterocycles. The van der Waals surface area contributed by atoms with Gasteiger partial charge in [-0.2, -0.15) is 0 Å². The topological polar surface area (TPSA) is 39.9 Å². The van der Waals surface area contributed by atoms with Crippen LogP contribution in [0.25, 0.3) is 38.9 Å².